The lowest BCUT2D eigenvalue weighted by Gasteiger charge is -2.34. The van der Waals surface area contributed by atoms with Gasteiger partial charge in [-0.3, -0.25) is 4.90 Å². The van der Waals surface area contributed by atoms with Gasteiger partial charge in [0.1, 0.15) is 5.82 Å². The fraction of sp³-hybridized carbons (Fsp3) is 0.500. The Bertz CT molecular complexity index is 483. The van der Waals surface area contributed by atoms with Gasteiger partial charge in [-0.05, 0) is 45.0 Å². The zero-order chi connectivity index (χ0) is 14.5. The van der Waals surface area contributed by atoms with E-state index < -0.39 is 0 Å². The minimum absolute atomic E-state index is 0.123. The third-order valence-corrected chi connectivity index (χ3v) is 3.67. The molecule has 0 unspecified atom stereocenters. The van der Waals surface area contributed by atoms with Crippen LogP contribution in [0.25, 0.3) is 0 Å². The fourth-order valence-electron chi connectivity index (χ4n) is 1.67. The molecule has 0 radical (unpaired) electrons. The van der Waals surface area contributed by atoms with Crippen LogP contribution in [0, 0.1) is 17.7 Å². The summed E-state index contributed by atoms with van der Waals surface area (Å²) >= 11 is 0. The molecule has 2 nitrogen and oxygen atoms in total. The molecule has 1 rings (SSSR count). The predicted molar refractivity (Wildman–Crippen MR) is 78.2 cm³/mol. The SMILES string of the molecule is CCC(C)(C)N(C)Cc1ccc(F)c(C#CCN)c1. The Kier molecular flexibility index (Phi) is 5.53. The molecule has 1 aromatic carbocycles. The highest BCUT2D eigenvalue weighted by Crippen LogP contribution is 2.20. The number of nitrogens with two attached hydrogens (primary N) is 1. The van der Waals surface area contributed by atoms with Crippen molar-refractivity contribution in [3.8, 4) is 11.8 Å². The molecular formula is C16H23FN2. The molecule has 0 aliphatic heterocycles. The number of benzene rings is 1. The second kappa shape index (κ2) is 6.70. The highest BCUT2D eigenvalue weighted by Gasteiger charge is 2.21. The third kappa shape index (κ3) is 4.34. The first-order valence-corrected chi connectivity index (χ1v) is 6.59. The Morgan fingerprint density at radius 3 is 2.63 bits per heavy atom. The van der Waals surface area contributed by atoms with Gasteiger partial charge in [0.25, 0.3) is 0 Å². The average molecular weight is 262 g/mol. The second-order valence-corrected chi connectivity index (χ2v) is 5.34. The molecule has 0 spiro atoms. The van der Waals surface area contributed by atoms with Crippen LogP contribution in [0.4, 0.5) is 4.39 Å². The lowest BCUT2D eigenvalue weighted by Crippen LogP contribution is -2.39. The molecule has 0 aliphatic carbocycles. The van der Waals surface area contributed by atoms with Crippen LogP contribution in [0.5, 0.6) is 0 Å². The quantitative estimate of drug-likeness (QED) is 0.845. The van der Waals surface area contributed by atoms with Crippen LogP contribution in [-0.2, 0) is 6.54 Å². The summed E-state index contributed by atoms with van der Waals surface area (Å²) in [6.07, 6.45) is 1.06. The summed E-state index contributed by atoms with van der Waals surface area (Å²) in [5, 5.41) is 0. The number of hydrogen-bond donors (Lipinski definition) is 1. The summed E-state index contributed by atoms with van der Waals surface area (Å²) < 4.78 is 13.6. The Morgan fingerprint density at radius 2 is 2.05 bits per heavy atom. The first-order valence-electron chi connectivity index (χ1n) is 6.59. The van der Waals surface area contributed by atoms with Crippen LogP contribution in [-0.4, -0.2) is 24.0 Å². The average Bonchev–Trinajstić information content (AvgIpc) is 2.39. The number of hydrogen-bond acceptors (Lipinski definition) is 2. The second-order valence-electron chi connectivity index (χ2n) is 5.34. The topological polar surface area (TPSA) is 29.3 Å². The lowest BCUT2D eigenvalue weighted by molar-refractivity contribution is 0.143. The molecule has 3 heteroatoms. The van der Waals surface area contributed by atoms with Gasteiger partial charge in [0, 0.05) is 12.1 Å². The number of rotatable bonds is 4. The van der Waals surface area contributed by atoms with Crippen LogP contribution in [0.1, 0.15) is 38.3 Å². The first-order chi connectivity index (χ1) is 8.90. The van der Waals surface area contributed by atoms with Gasteiger partial charge in [-0.2, -0.15) is 0 Å². The highest BCUT2D eigenvalue weighted by atomic mass is 19.1. The van der Waals surface area contributed by atoms with Crippen molar-refractivity contribution in [2.45, 2.75) is 39.3 Å². The molecule has 0 saturated carbocycles. The maximum Gasteiger partial charge on any atom is 0.138 e. The smallest absolute Gasteiger partial charge is 0.138 e. The van der Waals surface area contributed by atoms with Crippen molar-refractivity contribution in [3.63, 3.8) is 0 Å². The van der Waals surface area contributed by atoms with Crippen molar-refractivity contribution in [2.75, 3.05) is 13.6 Å². The molecule has 0 aliphatic rings. The van der Waals surface area contributed by atoms with Crippen molar-refractivity contribution in [3.05, 3.63) is 35.1 Å². The van der Waals surface area contributed by atoms with Gasteiger partial charge in [0.15, 0.2) is 0 Å². The van der Waals surface area contributed by atoms with Crippen LogP contribution in [0.15, 0.2) is 18.2 Å². The predicted octanol–water partition coefficient (Wildman–Crippen LogP) is 2.76. The van der Waals surface area contributed by atoms with Crippen LogP contribution >= 0.6 is 0 Å². The Balaban J connectivity index is 2.91. The third-order valence-electron chi connectivity index (χ3n) is 3.67. The van der Waals surface area contributed by atoms with Crippen molar-refractivity contribution in [1.29, 1.82) is 0 Å². The molecule has 0 atom stereocenters. The van der Waals surface area contributed by atoms with Crippen molar-refractivity contribution in [2.24, 2.45) is 5.73 Å². The maximum absolute atomic E-state index is 13.6. The monoisotopic (exact) mass is 262 g/mol. The molecule has 0 heterocycles. The summed E-state index contributed by atoms with van der Waals surface area (Å²) in [5.41, 5.74) is 6.92. The molecule has 0 saturated heterocycles. The van der Waals surface area contributed by atoms with Crippen LogP contribution in [0.2, 0.25) is 0 Å². The normalized spacial score (nSPS) is 11.3. The minimum atomic E-state index is -0.290. The van der Waals surface area contributed by atoms with E-state index in [0.717, 1.165) is 18.5 Å². The van der Waals surface area contributed by atoms with E-state index in [9.17, 15) is 4.39 Å². The number of nitrogens with zero attached hydrogens (tertiary/aromatic N) is 1. The van der Waals surface area contributed by atoms with E-state index in [2.05, 4.69) is 44.6 Å². The Morgan fingerprint density at radius 1 is 1.37 bits per heavy atom. The summed E-state index contributed by atoms with van der Waals surface area (Å²) in [6, 6.07) is 5.09. The Hall–Kier alpha value is -1.37. The molecular weight excluding hydrogens is 239 g/mol. The standard InChI is InChI=1S/C16H23FN2/c1-5-16(2,3)19(4)12-13-8-9-15(17)14(11-13)7-6-10-18/h8-9,11H,5,10,12,18H2,1-4H3. The molecule has 0 aromatic heterocycles. The molecule has 1 aromatic rings. The highest BCUT2D eigenvalue weighted by molar-refractivity contribution is 5.38. The number of halogens is 1. The largest absolute Gasteiger partial charge is 0.320 e. The molecule has 0 amide bonds. The van der Waals surface area contributed by atoms with E-state index in [1.54, 1.807) is 6.07 Å². The Labute approximate surface area is 115 Å². The lowest BCUT2D eigenvalue weighted by atomic mass is 9.99. The molecule has 104 valence electrons. The van der Waals surface area contributed by atoms with Gasteiger partial charge in [0.05, 0.1) is 12.1 Å². The van der Waals surface area contributed by atoms with Crippen LogP contribution < -0.4 is 5.73 Å². The zero-order valence-corrected chi connectivity index (χ0v) is 12.3. The van der Waals surface area contributed by atoms with Crippen LogP contribution in [0.3, 0.4) is 0 Å². The molecule has 0 fully saturated rings. The van der Waals surface area contributed by atoms with Gasteiger partial charge in [-0.1, -0.05) is 24.8 Å². The van der Waals surface area contributed by atoms with Crippen molar-refractivity contribution < 1.29 is 4.39 Å². The minimum Gasteiger partial charge on any atom is -0.320 e. The van der Waals surface area contributed by atoms with E-state index in [0.29, 0.717) is 5.56 Å². The van der Waals surface area contributed by atoms with Gasteiger partial charge < -0.3 is 5.73 Å². The van der Waals surface area contributed by atoms with E-state index in [-0.39, 0.29) is 17.9 Å². The summed E-state index contributed by atoms with van der Waals surface area (Å²) in [4.78, 5) is 2.26. The summed E-state index contributed by atoms with van der Waals surface area (Å²) in [6.45, 7) is 7.58. The van der Waals surface area contributed by atoms with E-state index >= 15 is 0 Å². The molecule has 19 heavy (non-hydrogen) atoms. The summed E-state index contributed by atoms with van der Waals surface area (Å²) in [5.74, 6) is 5.17. The van der Waals surface area contributed by atoms with Gasteiger partial charge in [-0.15, -0.1) is 0 Å². The van der Waals surface area contributed by atoms with Gasteiger partial charge in [0.2, 0.25) is 0 Å². The van der Waals surface area contributed by atoms with E-state index in [4.69, 9.17) is 5.73 Å². The molecule has 0 bridgehead atoms. The van der Waals surface area contributed by atoms with E-state index in [1.807, 2.05) is 6.07 Å². The zero-order valence-electron chi connectivity index (χ0n) is 12.3. The summed E-state index contributed by atoms with van der Waals surface area (Å²) in [7, 11) is 2.08. The van der Waals surface area contributed by atoms with Gasteiger partial charge in [-0.25, -0.2) is 4.39 Å². The first kappa shape index (κ1) is 15.7. The van der Waals surface area contributed by atoms with Gasteiger partial charge >= 0.3 is 0 Å². The van der Waals surface area contributed by atoms with E-state index in [1.165, 1.54) is 6.07 Å². The maximum atomic E-state index is 13.6. The molecule has 2 N–H and O–H groups in total. The fourth-order valence-corrected chi connectivity index (χ4v) is 1.67. The van der Waals surface area contributed by atoms with Crippen molar-refractivity contribution in [1.82, 2.24) is 4.90 Å². The van der Waals surface area contributed by atoms with Crippen molar-refractivity contribution >= 4 is 0 Å².